The number of nitrogens with zero attached hydrogens (tertiary/aromatic N) is 4. The number of rotatable bonds is 12. The van der Waals surface area contributed by atoms with Gasteiger partial charge in [0.1, 0.15) is 18.5 Å². The van der Waals surface area contributed by atoms with E-state index in [9.17, 15) is 19.5 Å². The zero-order valence-corrected chi connectivity index (χ0v) is 17.4. The van der Waals surface area contributed by atoms with Gasteiger partial charge in [-0.05, 0) is 26.2 Å². The molecule has 0 radical (unpaired) electrons. The highest BCUT2D eigenvalue weighted by atomic mass is 16.5. The van der Waals surface area contributed by atoms with Crippen molar-refractivity contribution in [3.8, 4) is 0 Å². The number of carbonyl (C=O) groups is 3. The number of carbonyl (C=O) groups excluding carboxylic acids is 3. The van der Waals surface area contributed by atoms with Crippen molar-refractivity contribution < 1.29 is 24.2 Å². The Bertz CT molecular complexity index is 632. The molecule has 1 N–H and O–H groups in total. The summed E-state index contributed by atoms with van der Waals surface area (Å²) in [6.07, 6.45) is 3.40. The van der Waals surface area contributed by atoms with Crippen LogP contribution in [-0.2, 0) is 25.7 Å². The predicted molar refractivity (Wildman–Crippen MR) is 102 cm³/mol. The van der Waals surface area contributed by atoms with Gasteiger partial charge in [-0.25, -0.2) is 4.68 Å². The monoisotopic (exact) mass is 396 g/mol. The summed E-state index contributed by atoms with van der Waals surface area (Å²) in [6.45, 7) is 5.15. The van der Waals surface area contributed by atoms with E-state index in [1.807, 2.05) is 6.92 Å². The van der Waals surface area contributed by atoms with Gasteiger partial charge in [-0.2, -0.15) is 0 Å². The Balaban J connectivity index is 2.66. The highest BCUT2D eigenvalue weighted by molar-refractivity contribution is 5.82. The Kier molecular flexibility index (Phi) is 9.78. The normalized spacial score (nSPS) is 15.4. The molecular weight excluding hydrogens is 364 g/mol. The summed E-state index contributed by atoms with van der Waals surface area (Å²) in [5, 5.41) is 17.4. The molecule has 0 aliphatic rings. The van der Waals surface area contributed by atoms with Crippen LogP contribution in [0.1, 0.15) is 40.0 Å². The molecule has 0 aromatic carbocycles. The maximum absolute atomic E-state index is 12.5. The summed E-state index contributed by atoms with van der Waals surface area (Å²) in [6, 6.07) is 0. The summed E-state index contributed by atoms with van der Waals surface area (Å²) in [4.78, 5) is 38.1. The van der Waals surface area contributed by atoms with Crippen molar-refractivity contribution in [1.82, 2.24) is 19.9 Å². The number of hydrogen-bond acceptors (Lipinski definition) is 7. The third-order valence-corrected chi connectivity index (χ3v) is 4.80. The van der Waals surface area contributed by atoms with Gasteiger partial charge in [0.15, 0.2) is 0 Å². The SMILES string of the molecule is CCC(CC(CC(C)C(C)=O)C(=O)N(C)C)C(=O)OCC(O)Cn1ccnn1. The zero-order chi connectivity index (χ0) is 21.3. The van der Waals surface area contributed by atoms with Gasteiger partial charge in [-0.1, -0.05) is 19.1 Å². The molecule has 1 heterocycles. The van der Waals surface area contributed by atoms with Crippen LogP contribution >= 0.6 is 0 Å². The van der Waals surface area contributed by atoms with Gasteiger partial charge in [-0.3, -0.25) is 14.4 Å². The quantitative estimate of drug-likeness (QED) is 0.522. The second kappa shape index (κ2) is 11.5. The molecule has 4 unspecified atom stereocenters. The van der Waals surface area contributed by atoms with Gasteiger partial charge in [-0.15, -0.1) is 5.10 Å². The van der Waals surface area contributed by atoms with Crippen molar-refractivity contribution in [2.45, 2.75) is 52.7 Å². The van der Waals surface area contributed by atoms with Gasteiger partial charge in [0.2, 0.25) is 5.91 Å². The lowest BCUT2D eigenvalue weighted by Gasteiger charge is -2.25. The molecule has 0 saturated carbocycles. The molecule has 1 aromatic heterocycles. The van der Waals surface area contributed by atoms with Crippen molar-refractivity contribution in [3.63, 3.8) is 0 Å². The van der Waals surface area contributed by atoms with Crippen molar-refractivity contribution in [2.24, 2.45) is 17.8 Å². The molecule has 0 fully saturated rings. The molecule has 0 saturated heterocycles. The van der Waals surface area contributed by atoms with E-state index in [0.29, 0.717) is 19.3 Å². The number of aromatic nitrogens is 3. The highest BCUT2D eigenvalue weighted by Crippen LogP contribution is 2.25. The number of aliphatic hydroxyl groups is 1. The molecule has 9 heteroatoms. The number of hydrogen-bond donors (Lipinski definition) is 1. The lowest BCUT2D eigenvalue weighted by atomic mass is 9.84. The Hall–Kier alpha value is -2.29. The third kappa shape index (κ3) is 7.75. The molecule has 1 amide bonds. The van der Waals surface area contributed by atoms with Crippen LogP contribution in [0.5, 0.6) is 0 Å². The summed E-state index contributed by atoms with van der Waals surface area (Å²) in [5.74, 6) is -1.72. The number of esters is 1. The van der Waals surface area contributed by atoms with Gasteiger partial charge in [0.25, 0.3) is 0 Å². The van der Waals surface area contributed by atoms with E-state index in [4.69, 9.17) is 4.74 Å². The minimum absolute atomic E-state index is 0.0171. The van der Waals surface area contributed by atoms with E-state index in [1.165, 1.54) is 22.7 Å². The van der Waals surface area contributed by atoms with Crippen LogP contribution < -0.4 is 0 Å². The molecule has 9 nitrogen and oxygen atoms in total. The minimum atomic E-state index is -0.903. The first-order chi connectivity index (χ1) is 13.1. The molecule has 1 rings (SSSR count). The minimum Gasteiger partial charge on any atom is -0.463 e. The van der Waals surface area contributed by atoms with Crippen LogP contribution in [0.15, 0.2) is 12.4 Å². The van der Waals surface area contributed by atoms with Crippen LogP contribution in [0.3, 0.4) is 0 Å². The zero-order valence-electron chi connectivity index (χ0n) is 17.4. The molecule has 0 aliphatic heterocycles. The molecule has 0 spiro atoms. The first-order valence-electron chi connectivity index (χ1n) is 9.56. The van der Waals surface area contributed by atoms with Crippen LogP contribution in [-0.4, -0.2) is 69.5 Å². The van der Waals surface area contributed by atoms with Crippen molar-refractivity contribution >= 4 is 17.7 Å². The van der Waals surface area contributed by atoms with Gasteiger partial charge in [0, 0.05) is 32.1 Å². The smallest absolute Gasteiger partial charge is 0.309 e. The van der Waals surface area contributed by atoms with E-state index in [-0.39, 0.29) is 30.8 Å². The van der Waals surface area contributed by atoms with Crippen molar-refractivity contribution in [1.29, 1.82) is 0 Å². The summed E-state index contributed by atoms with van der Waals surface area (Å²) in [5.41, 5.74) is 0. The van der Waals surface area contributed by atoms with Gasteiger partial charge >= 0.3 is 5.97 Å². The van der Waals surface area contributed by atoms with Gasteiger partial charge in [0.05, 0.1) is 18.7 Å². The molecule has 1 aromatic rings. The highest BCUT2D eigenvalue weighted by Gasteiger charge is 2.30. The van der Waals surface area contributed by atoms with E-state index >= 15 is 0 Å². The van der Waals surface area contributed by atoms with Crippen LogP contribution in [0.4, 0.5) is 0 Å². The van der Waals surface area contributed by atoms with E-state index in [0.717, 1.165) is 0 Å². The predicted octanol–water partition coefficient (Wildman–Crippen LogP) is 0.918. The van der Waals surface area contributed by atoms with E-state index < -0.39 is 23.9 Å². The Morgan fingerprint density at radius 1 is 1.21 bits per heavy atom. The first kappa shape index (κ1) is 23.7. The van der Waals surface area contributed by atoms with Crippen LogP contribution in [0.2, 0.25) is 0 Å². The molecule has 0 bridgehead atoms. The van der Waals surface area contributed by atoms with E-state index in [2.05, 4.69) is 10.3 Å². The maximum Gasteiger partial charge on any atom is 0.309 e. The second-order valence-corrected chi connectivity index (χ2v) is 7.43. The van der Waals surface area contributed by atoms with Gasteiger partial charge < -0.3 is 14.7 Å². The molecular formula is C19H32N4O5. The average molecular weight is 396 g/mol. The fraction of sp³-hybridized carbons (Fsp3) is 0.737. The number of Topliss-reactive ketones (excluding diaryl/α,β-unsaturated/α-hetero) is 1. The summed E-state index contributed by atoms with van der Waals surface area (Å²) >= 11 is 0. The average Bonchev–Trinajstić information content (AvgIpc) is 3.14. The number of ether oxygens (including phenoxy) is 1. The van der Waals surface area contributed by atoms with Crippen molar-refractivity contribution in [3.05, 3.63) is 12.4 Å². The van der Waals surface area contributed by atoms with Crippen LogP contribution in [0, 0.1) is 17.8 Å². The fourth-order valence-corrected chi connectivity index (χ4v) is 2.92. The Morgan fingerprint density at radius 2 is 1.89 bits per heavy atom. The number of amides is 1. The lowest BCUT2D eigenvalue weighted by molar-refractivity contribution is -0.153. The number of ketones is 1. The topological polar surface area (TPSA) is 115 Å². The van der Waals surface area contributed by atoms with Crippen molar-refractivity contribution in [2.75, 3.05) is 20.7 Å². The molecule has 0 aliphatic carbocycles. The molecule has 158 valence electrons. The van der Waals surface area contributed by atoms with Crippen LogP contribution in [0.25, 0.3) is 0 Å². The Morgan fingerprint density at radius 3 is 2.39 bits per heavy atom. The van der Waals surface area contributed by atoms with E-state index in [1.54, 1.807) is 27.2 Å². The number of aliphatic hydroxyl groups excluding tert-OH is 1. The lowest BCUT2D eigenvalue weighted by Crippen LogP contribution is -2.35. The maximum atomic E-state index is 12.5. The summed E-state index contributed by atoms with van der Waals surface area (Å²) < 4.78 is 6.71. The Labute approximate surface area is 166 Å². The second-order valence-electron chi connectivity index (χ2n) is 7.43. The largest absolute Gasteiger partial charge is 0.463 e. The summed E-state index contributed by atoms with van der Waals surface area (Å²) in [7, 11) is 3.32. The fourth-order valence-electron chi connectivity index (χ4n) is 2.92. The molecule has 4 atom stereocenters. The standard InChI is InChI=1S/C19H32N4O5/c1-6-15(10-16(18(26)22(4)5)9-13(2)14(3)24)19(27)28-12-17(25)11-23-8-7-20-21-23/h7-8,13,15-17,25H,6,9-12H2,1-5H3. The third-order valence-electron chi connectivity index (χ3n) is 4.80. The first-order valence-corrected chi connectivity index (χ1v) is 9.56. The molecule has 28 heavy (non-hydrogen) atoms.